The molecule has 3 aromatic rings. The van der Waals surface area contributed by atoms with E-state index < -0.39 is 11.6 Å². The summed E-state index contributed by atoms with van der Waals surface area (Å²) in [6.07, 6.45) is 3.81. The molecule has 2 unspecified atom stereocenters. The summed E-state index contributed by atoms with van der Waals surface area (Å²) >= 11 is 2.77. The van der Waals surface area contributed by atoms with Crippen molar-refractivity contribution in [1.29, 1.82) is 0 Å². The molecule has 1 N–H and O–H groups in total. The van der Waals surface area contributed by atoms with E-state index in [4.69, 9.17) is 4.74 Å². The number of ether oxygens (including phenoxy) is 1. The molecule has 0 amide bonds. The number of hydrogen-bond donors (Lipinski definition) is 1. The van der Waals surface area contributed by atoms with Crippen molar-refractivity contribution in [3.8, 4) is 11.8 Å². The molecule has 6 heteroatoms. The summed E-state index contributed by atoms with van der Waals surface area (Å²) in [5, 5.41) is 15.4. The van der Waals surface area contributed by atoms with Gasteiger partial charge in [-0.05, 0) is 54.3 Å². The molecule has 2 heterocycles. The van der Waals surface area contributed by atoms with Crippen LogP contribution in [0.2, 0.25) is 0 Å². The number of thiophene rings is 2. The molecule has 5 rings (SSSR count). The fraction of sp³-hybridized carbons (Fsp3) is 0.414. The zero-order valence-corrected chi connectivity index (χ0v) is 21.9. The van der Waals surface area contributed by atoms with Crippen molar-refractivity contribution in [1.82, 2.24) is 0 Å². The maximum atomic E-state index is 13.5. The lowest BCUT2D eigenvalue weighted by Gasteiger charge is -2.39. The van der Waals surface area contributed by atoms with Gasteiger partial charge in [-0.3, -0.25) is 0 Å². The van der Waals surface area contributed by atoms with Crippen molar-refractivity contribution in [3.05, 3.63) is 80.7 Å². The molecule has 2 bridgehead atoms. The zero-order chi connectivity index (χ0) is 24.5. The van der Waals surface area contributed by atoms with Gasteiger partial charge in [0.1, 0.15) is 6.10 Å². The Labute approximate surface area is 215 Å². The van der Waals surface area contributed by atoms with Gasteiger partial charge in [0.05, 0.1) is 42.9 Å². The number of quaternary nitrogens is 1. The highest BCUT2D eigenvalue weighted by molar-refractivity contribution is 7.12. The minimum absolute atomic E-state index is 0.148. The predicted molar refractivity (Wildman–Crippen MR) is 141 cm³/mol. The van der Waals surface area contributed by atoms with Crippen LogP contribution in [0.1, 0.15) is 41.0 Å². The second kappa shape index (κ2) is 9.91. The third kappa shape index (κ3) is 4.71. The third-order valence-corrected chi connectivity index (χ3v) is 9.70. The molecule has 2 aromatic heterocycles. The van der Waals surface area contributed by atoms with Crippen molar-refractivity contribution >= 4 is 28.6 Å². The lowest BCUT2D eigenvalue weighted by Crippen LogP contribution is -2.52. The Kier molecular flexibility index (Phi) is 6.87. The van der Waals surface area contributed by atoms with E-state index in [1.807, 2.05) is 65.4 Å². The van der Waals surface area contributed by atoms with Crippen LogP contribution < -0.4 is 0 Å². The zero-order valence-electron chi connectivity index (χ0n) is 20.2. The number of nitrogens with zero attached hydrogens (tertiary/aromatic N) is 1. The Morgan fingerprint density at radius 2 is 1.74 bits per heavy atom. The van der Waals surface area contributed by atoms with Crippen molar-refractivity contribution < 1.29 is 19.1 Å². The first-order valence-electron chi connectivity index (χ1n) is 12.3. The number of hydrogen-bond acceptors (Lipinski definition) is 5. The van der Waals surface area contributed by atoms with E-state index in [2.05, 4.69) is 25.9 Å². The van der Waals surface area contributed by atoms with E-state index in [0.29, 0.717) is 27.6 Å². The number of esters is 1. The summed E-state index contributed by atoms with van der Waals surface area (Å²) in [5.74, 6) is 6.92. The number of benzene rings is 1. The Morgan fingerprint density at radius 1 is 1.06 bits per heavy atom. The third-order valence-electron chi connectivity index (χ3n) is 7.74. The summed E-state index contributed by atoms with van der Waals surface area (Å²) in [7, 11) is 4.58. The SMILES string of the molecule is C[N+](C)(CCC#Cc1ccccc1)C1C2CC[C@H]1[C@H](OC(=O)C(O)(c1cccs1)c1cccs1)C2. The van der Waals surface area contributed by atoms with Gasteiger partial charge in [-0.15, -0.1) is 22.7 Å². The van der Waals surface area contributed by atoms with Crippen molar-refractivity contribution in [2.45, 2.75) is 43.4 Å². The second-order valence-corrected chi connectivity index (χ2v) is 12.2. The van der Waals surface area contributed by atoms with Gasteiger partial charge in [0.15, 0.2) is 0 Å². The molecule has 2 aliphatic rings. The fourth-order valence-corrected chi connectivity index (χ4v) is 7.87. The first-order chi connectivity index (χ1) is 16.9. The normalized spacial score (nSPS) is 23.6. The molecule has 2 saturated carbocycles. The lowest BCUT2D eigenvalue weighted by molar-refractivity contribution is -0.919. The largest absolute Gasteiger partial charge is 0.459 e. The number of fused-ring (bicyclic) bond motifs is 2. The van der Waals surface area contributed by atoms with Crippen LogP contribution in [0.4, 0.5) is 0 Å². The van der Waals surface area contributed by atoms with Gasteiger partial charge in [-0.1, -0.05) is 42.2 Å². The highest BCUT2D eigenvalue weighted by atomic mass is 32.1. The van der Waals surface area contributed by atoms with Crippen LogP contribution in [0, 0.1) is 23.7 Å². The molecular formula is C29H32NO3S2+. The van der Waals surface area contributed by atoms with Crippen LogP contribution in [-0.2, 0) is 15.1 Å². The Balaban J connectivity index is 1.27. The molecule has 0 saturated heterocycles. The van der Waals surface area contributed by atoms with Gasteiger partial charge in [-0.25, -0.2) is 4.79 Å². The molecule has 4 nitrogen and oxygen atoms in total. The summed E-state index contributed by atoms with van der Waals surface area (Å²) in [6, 6.07) is 17.9. The van der Waals surface area contributed by atoms with Crippen LogP contribution >= 0.6 is 22.7 Å². The van der Waals surface area contributed by atoms with Gasteiger partial charge in [-0.2, -0.15) is 0 Å². The molecule has 4 atom stereocenters. The van der Waals surface area contributed by atoms with Crippen LogP contribution in [0.5, 0.6) is 0 Å². The van der Waals surface area contributed by atoms with E-state index in [0.717, 1.165) is 35.9 Å². The van der Waals surface area contributed by atoms with E-state index in [-0.39, 0.29) is 6.10 Å². The van der Waals surface area contributed by atoms with Gasteiger partial charge in [0.25, 0.3) is 0 Å². The van der Waals surface area contributed by atoms with Crippen molar-refractivity contribution in [2.24, 2.45) is 11.8 Å². The predicted octanol–water partition coefficient (Wildman–Crippen LogP) is 5.27. The number of rotatable bonds is 7. The number of carbonyl (C=O) groups excluding carboxylic acids is 1. The Hall–Kier alpha value is -2.43. The molecule has 1 aromatic carbocycles. The smallest absolute Gasteiger partial charge is 0.349 e. The standard InChI is InChI=1S/C29H32NO3S2/c1-30(2,17-7-6-12-21-10-4-3-5-11-21)27-22-15-16-23(27)24(20-22)33-28(31)29(32,25-13-8-18-34-25)26-14-9-19-35-26/h3-5,8-11,13-14,18-19,22-24,27,32H,7,15-17,20H2,1-2H3/q+1/t22?,23-,24+,27?/m0/s1. The maximum absolute atomic E-state index is 13.5. The van der Waals surface area contributed by atoms with Gasteiger partial charge in [0.2, 0.25) is 5.60 Å². The second-order valence-electron chi connectivity index (χ2n) is 10.3. The lowest BCUT2D eigenvalue weighted by atomic mass is 9.96. The van der Waals surface area contributed by atoms with Crippen LogP contribution in [0.3, 0.4) is 0 Å². The summed E-state index contributed by atoms with van der Waals surface area (Å²) in [4.78, 5) is 14.7. The first kappa shape index (κ1) is 24.3. The minimum Gasteiger partial charge on any atom is -0.459 e. The molecule has 2 aliphatic carbocycles. The first-order valence-corrected chi connectivity index (χ1v) is 14.0. The van der Waals surface area contributed by atoms with Gasteiger partial charge < -0.3 is 14.3 Å². The van der Waals surface area contributed by atoms with Crippen LogP contribution in [0.15, 0.2) is 65.4 Å². The van der Waals surface area contributed by atoms with E-state index in [9.17, 15) is 9.90 Å². The molecule has 35 heavy (non-hydrogen) atoms. The van der Waals surface area contributed by atoms with Gasteiger partial charge >= 0.3 is 5.97 Å². The fourth-order valence-electron chi connectivity index (χ4n) is 6.15. The van der Waals surface area contributed by atoms with E-state index in [1.54, 1.807) is 0 Å². The minimum atomic E-state index is -1.74. The molecule has 0 spiro atoms. The summed E-state index contributed by atoms with van der Waals surface area (Å²) < 4.78 is 7.04. The quantitative estimate of drug-likeness (QED) is 0.270. The molecule has 2 fully saturated rings. The molecule has 0 aliphatic heterocycles. The average molecular weight is 507 g/mol. The average Bonchev–Trinajstić information content (AvgIpc) is 3.66. The number of aliphatic hydroxyl groups is 1. The monoisotopic (exact) mass is 506 g/mol. The van der Waals surface area contributed by atoms with E-state index in [1.165, 1.54) is 29.1 Å². The molecule has 182 valence electrons. The topological polar surface area (TPSA) is 46.5 Å². The van der Waals surface area contributed by atoms with Crippen LogP contribution in [-0.4, -0.2) is 48.3 Å². The highest BCUT2D eigenvalue weighted by Crippen LogP contribution is 2.51. The van der Waals surface area contributed by atoms with Gasteiger partial charge in [0, 0.05) is 17.4 Å². The molecule has 0 radical (unpaired) electrons. The molecular weight excluding hydrogens is 474 g/mol. The van der Waals surface area contributed by atoms with Crippen LogP contribution in [0.25, 0.3) is 0 Å². The number of carbonyl (C=O) groups is 1. The summed E-state index contributed by atoms with van der Waals surface area (Å²) in [5.41, 5.74) is -0.688. The Morgan fingerprint density at radius 3 is 2.37 bits per heavy atom. The Bertz CT molecular complexity index is 1160. The summed E-state index contributed by atoms with van der Waals surface area (Å²) in [6.45, 7) is 0.965. The maximum Gasteiger partial charge on any atom is 0.349 e. The van der Waals surface area contributed by atoms with Crippen molar-refractivity contribution in [3.63, 3.8) is 0 Å². The highest BCUT2D eigenvalue weighted by Gasteiger charge is 2.58. The van der Waals surface area contributed by atoms with E-state index >= 15 is 0 Å². The van der Waals surface area contributed by atoms with Crippen molar-refractivity contribution in [2.75, 3.05) is 20.6 Å².